The number of ether oxygens (including phenoxy) is 1. The normalized spacial score (nSPS) is 13.4. The molecule has 4 rings (SSSR count). The summed E-state index contributed by atoms with van der Waals surface area (Å²) in [4.78, 5) is 12.7. The van der Waals surface area contributed by atoms with Crippen LogP contribution in [0.3, 0.4) is 0 Å². The molecule has 8 heteroatoms. The summed E-state index contributed by atoms with van der Waals surface area (Å²) in [6.45, 7) is 4.73. The standard InChI is InChI=1S/C27H27F2N3O3/c1-17(31-26(34)27(2,3)16-33)25(18-5-4-6-21(29)13-18)35-23-11-12-24-19(14-23)15-30-32(24)22-9-7-20(28)8-10-22/h4-15,17,25,33H,16H2,1-3H3,(H,31,34)/t17-,25+/m0/s1. The number of rotatable bonds is 8. The van der Waals surface area contributed by atoms with Crippen LogP contribution in [0.4, 0.5) is 8.78 Å². The second kappa shape index (κ2) is 9.84. The molecular formula is C27H27F2N3O3. The second-order valence-electron chi connectivity index (χ2n) is 9.15. The zero-order chi connectivity index (χ0) is 25.2. The number of nitrogens with zero attached hydrogens (tertiary/aromatic N) is 2. The lowest BCUT2D eigenvalue weighted by molar-refractivity contribution is -0.132. The van der Waals surface area contributed by atoms with E-state index in [4.69, 9.17) is 4.74 Å². The molecule has 2 atom stereocenters. The molecule has 0 aliphatic heterocycles. The Labute approximate surface area is 202 Å². The number of nitrogens with one attached hydrogen (secondary N) is 1. The summed E-state index contributed by atoms with van der Waals surface area (Å²) >= 11 is 0. The molecule has 1 heterocycles. The molecule has 0 spiro atoms. The molecular weight excluding hydrogens is 452 g/mol. The van der Waals surface area contributed by atoms with Gasteiger partial charge in [-0.1, -0.05) is 12.1 Å². The van der Waals surface area contributed by atoms with E-state index in [2.05, 4.69) is 10.4 Å². The average molecular weight is 480 g/mol. The third-order valence-corrected chi connectivity index (χ3v) is 5.87. The van der Waals surface area contributed by atoms with Crippen molar-refractivity contribution in [1.82, 2.24) is 15.1 Å². The maximum Gasteiger partial charge on any atom is 0.228 e. The van der Waals surface area contributed by atoms with Gasteiger partial charge in [0, 0.05) is 5.39 Å². The first-order valence-corrected chi connectivity index (χ1v) is 11.3. The Kier molecular flexibility index (Phi) is 6.84. The molecule has 1 aromatic heterocycles. The van der Waals surface area contributed by atoms with E-state index in [0.29, 0.717) is 11.3 Å². The van der Waals surface area contributed by atoms with E-state index in [1.54, 1.807) is 68.0 Å². The Morgan fingerprint density at radius 1 is 1.09 bits per heavy atom. The minimum atomic E-state index is -0.978. The van der Waals surface area contributed by atoms with Gasteiger partial charge in [0.25, 0.3) is 0 Å². The molecule has 182 valence electrons. The van der Waals surface area contributed by atoms with Crippen LogP contribution in [0.5, 0.6) is 5.75 Å². The lowest BCUT2D eigenvalue weighted by Gasteiger charge is -2.30. The number of amides is 1. The van der Waals surface area contributed by atoms with Crippen LogP contribution in [0, 0.1) is 17.0 Å². The van der Waals surface area contributed by atoms with Crippen molar-refractivity contribution in [2.75, 3.05) is 6.61 Å². The third kappa shape index (κ3) is 5.33. The number of hydrogen-bond donors (Lipinski definition) is 2. The topological polar surface area (TPSA) is 76.4 Å². The van der Waals surface area contributed by atoms with Crippen LogP contribution in [-0.2, 0) is 4.79 Å². The Hall–Kier alpha value is -3.78. The molecule has 35 heavy (non-hydrogen) atoms. The van der Waals surface area contributed by atoms with Crippen LogP contribution in [0.25, 0.3) is 16.6 Å². The highest BCUT2D eigenvalue weighted by Crippen LogP contribution is 2.30. The fourth-order valence-corrected chi connectivity index (χ4v) is 3.71. The molecule has 3 aromatic carbocycles. The van der Waals surface area contributed by atoms with Crippen molar-refractivity contribution in [1.29, 1.82) is 0 Å². The molecule has 0 saturated heterocycles. The molecule has 0 aliphatic rings. The van der Waals surface area contributed by atoms with Gasteiger partial charge >= 0.3 is 0 Å². The van der Waals surface area contributed by atoms with Crippen molar-refractivity contribution >= 4 is 16.8 Å². The zero-order valence-corrected chi connectivity index (χ0v) is 19.7. The van der Waals surface area contributed by atoms with Gasteiger partial charge < -0.3 is 15.2 Å². The molecule has 4 aromatic rings. The van der Waals surface area contributed by atoms with E-state index in [-0.39, 0.29) is 18.3 Å². The lowest BCUT2D eigenvalue weighted by atomic mass is 9.92. The van der Waals surface area contributed by atoms with Crippen molar-refractivity contribution < 1.29 is 23.4 Å². The van der Waals surface area contributed by atoms with E-state index >= 15 is 0 Å². The molecule has 6 nitrogen and oxygen atoms in total. The van der Waals surface area contributed by atoms with Crippen molar-refractivity contribution in [3.63, 3.8) is 0 Å². The number of carbonyl (C=O) groups is 1. The SMILES string of the molecule is C[C@H](NC(=O)C(C)(C)CO)[C@@H](Oc1ccc2c(cnn2-c2ccc(F)cc2)c1)c1cccc(F)c1. The predicted molar refractivity (Wildman–Crippen MR) is 129 cm³/mol. The summed E-state index contributed by atoms with van der Waals surface area (Å²) < 4.78 is 35.3. The number of aromatic nitrogens is 2. The smallest absolute Gasteiger partial charge is 0.228 e. The van der Waals surface area contributed by atoms with Gasteiger partial charge in [-0.15, -0.1) is 0 Å². The second-order valence-corrected chi connectivity index (χ2v) is 9.15. The Bertz CT molecular complexity index is 1340. The van der Waals surface area contributed by atoms with E-state index in [0.717, 1.165) is 16.6 Å². The largest absolute Gasteiger partial charge is 0.484 e. The number of benzene rings is 3. The maximum atomic E-state index is 14.0. The van der Waals surface area contributed by atoms with Crippen LogP contribution in [0.15, 0.2) is 72.9 Å². The minimum Gasteiger partial charge on any atom is -0.484 e. The predicted octanol–water partition coefficient (Wildman–Crippen LogP) is 4.95. The molecule has 2 N–H and O–H groups in total. The number of fused-ring (bicyclic) bond motifs is 1. The molecule has 0 saturated carbocycles. The first kappa shape index (κ1) is 24.3. The van der Waals surface area contributed by atoms with Gasteiger partial charge in [0.2, 0.25) is 5.91 Å². The Balaban J connectivity index is 1.64. The monoisotopic (exact) mass is 479 g/mol. The van der Waals surface area contributed by atoms with Crippen molar-refractivity contribution in [3.8, 4) is 11.4 Å². The highest BCUT2D eigenvalue weighted by atomic mass is 19.1. The molecule has 0 bridgehead atoms. The van der Waals surface area contributed by atoms with Crippen LogP contribution in [0.2, 0.25) is 0 Å². The third-order valence-electron chi connectivity index (χ3n) is 5.87. The van der Waals surface area contributed by atoms with Gasteiger partial charge in [0.1, 0.15) is 23.5 Å². The molecule has 0 unspecified atom stereocenters. The highest BCUT2D eigenvalue weighted by Gasteiger charge is 2.31. The molecule has 1 amide bonds. The summed E-state index contributed by atoms with van der Waals surface area (Å²) in [5.74, 6) is -0.573. The maximum absolute atomic E-state index is 14.0. The average Bonchev–Trinajstić information content (AvgIpc) is 3.26. The van der Waals surface area contributed by atoms with Crippen molar-refractivity contribution in [2.24, 2.45) is 5.41 Å². The van der Waals surface area contributed by atoms with E-state index < -0.39 is 23.4 Å². The van der Waals surface area contributed by atoms with Gasteiger partial charge in [0.05, 0.1) is 35.5 Å². The summed E-state index contributed by atoms with van der Waals surface area (Å²) in [7, 11) is 0. The van der Waals surface area contributed by atoms with Crippen LogP contribution in [-0.4, -0.2) is 33.4 Å². The summed E-state index contributed by atoms with van der Waals surface area (Å²) in [5.41, 5.74) is 1.10. The van der Waals surface area contributed by atoms with Gasteiger partial charge in [0.15, 0.2) is 0 Å². The van der Waals surface area contributed by atoms with Gasteiger partial charge in [-0.05, 0) is 80.9 Å². The quantitative estimate of drug-likeness (QED) is 0.375. The Morgan fingerprint density at radius 2 is 1.83 bits per heavy atom. The molecule has 0 radical (unpaired) electrons. The van der Waals surface area contributed by atoms with Crippen LogP contribution < -0.4 is 10.1 Å². The van der Waals surface area contributed by atoms with E-state index in [1.807, 2.05) is 6.07 Å². The van der Waals surface area contributed by atoms with Gasteiger partial charge in [-0.2, -0.15) is 5.10 Å². The van der Waals surface area contributed by atoms with Gasteiger partial charge in [-0.3, -0.25) is 4.79 Å². The first-order chi connectivity index (χ1) is 16.7. The lowest BCUT2D eigenvalue weighted by Crippen LogP contribution is -2.46. The van der Waals surface area contributed by atoms with Crippen molar-refractivity contribution in [2.45, 2.75) is 32.9 Å². The van der Waals surface area contributed by atoms with E-state index in [9.17, 15) is 18.7 Å². The number of aliphatic hydroxyl groups excluding tert-OH is 1. The van der Waals surface area contributed by atoms with Crippen LogP contribution in [0.1, 0.15) is 32.4 Å². The number of aliphatic hydroxyl groups is 1. The van der Waals surface area contributed by atoms with Gasteiger partial charge in [-0.25, -0.2) is 13.5 Å². The molecule has 0 aliphatic carbocycles. The number of hydrogen-bond acceptors (Lipinski definition) is 4. The Morgan fingerprint density at radius 3 is 2.51 bits per heavy atom. The highest BCUT2D eigenvalue weighted by molar-refractivity contribution is 5.82. The summed E-state index contributed by atoms with van der Waals surface area (Å²) in [6.07, 6.45) is 0.978. The van der Waals surface area contributed by atoms with E-state index in [1.165, 1.54) is 24.3 Å². The van der Waals surface area contributed by atoms with Crippen LogP contribution >= 0.6 is 0 Å². The summed E-state index contributed by atoms with van der Waals surface area (Å²) in [5, 5.41) is 17.6. The summed E-state index contributed by atoms with van der Waals surface area (Å²) in [6, 6.07) is 16.9. The molecule has 0 fully saturated rings. The fourth-order valence-electron chi connectivity index (χ4n) is 3.71. The fraction of sp³-hybridized carbons (Fsp3) is 0.259. The number of halogens is 2. The first-order valence-electron chi connectivity index (χ1n) is 11.3. The minimum absolute atomic E-state index is 0.314. The van der Waals surface area contributed by atoms with Crippen molar-refractivity contribution in [3.05, 3.63) is 90.1 Å². The zero-order valence-electron chi connectivity index (χ0n) is 19.7. The number of carbonyl (C=O) groups excluding carboxylic acids is 1.